The van der Waals surface area contributed by atoms with Crippen LogP contribution in [0.2, 0.25) is 0 Å². The molecule has 1 fully saturated rings. The van der Waals surface area contributed by atoms with Crippen LogP contribution in [0.3, 0.4) is 0 Å². The Hall–Kier alpha value is -5.31. The summed E-state index contributed by atoms with van der Waals surface area (Å²) in [5.41, 5.74) is 2.16. The van der Waals surface area contributed by atoms with Crippen LogP contribution in [0.15, 0.2) is 60.8 Å². The van der Waals surface area contributed by atoms with Gasteiger partial charge in [-0.1, -0.05) is 61.5 Å². The van der Waals surface area contributed by atoms with Crippen molar-refractivity contribution in [2.75, 3.05) is 26.7 Å². The van der Waals surface area contributed by atoms with Crippen LogP contribution in [0.1, 0.15) is 63.9 Å². The molecule has 0 aliphatic carbocycles. The lowest BCUT2D eigenvalue weighted by atomic mass is 10.0. The van der Waals surface area contributed by atoms with Crippen LogP contribution in [0, 0.1) is 5.92 Å². The van der Waals surface area contributed by atoms with Gasteiger partial charge in [0.15, 0.2) is 0 Å². The molecule has 54 heavy (non-hydrogen) atoms. The largest absolute Gasteiger partial charge is 0.487 e. The van der Waals surface area contributed by atoms with E-state index in [0.717, 1.165) is 11.1 Å². The van der Waals surface area contributed by atoms with Gasteiger partial charge in [-0.05, 0) is 57.0 Å². The number of aromatic nitrogens is 3. The maximum atomic E-state index is 14.5. The number of fused-ring (bicyclic) bond motifs is 9. The SMILES string of the molecule is CCN(CC)C(=O)C1Cc2ccc(cc2)OCc2cn(nn2)C2CC(C(=O)NC(Cc3ccccc3)C(=O)N1)N(C(=O)C(NC(=O)C(C)NC)C(C)C)C2. The summed E-state index contributed by atoms with van der Waals surface area (Å²) in [5, 5.41) is 20.3. The Bertz CT molecular complexity index is 1760. The van der Waals surface area contributed by atoms with Gasteiger partial charge in [-0.2, -0.15) is 0 Å². The molecule has 6 bridgehead atoms. The highest BCUT2D eigenvalue weighted by atomic mass is 16.5. The summed E-state index contributed by atoms with van der Waals surface area (Å²) in [6.07, 6.45) is 2.26. The lowest BCUT2D eigenvalue weighted by Gasteiger charge is -2.32. The Morgan fingerprint density at radius 1 is 0.981 bits per heavy atom. The summed E-state index contributed by atoms with van der Waals surface area (Å²) in [5.74, 6) is -1.79. The Morgan fingerprint density at radius 2 is 1.69 bits per heavy atom. The summed E-state index contributed by atoms with van der Waals surface area (Å²) in [7, 11) is 1.66. The van der Waals surface area contributed by atoms with Crippen molar-refractivity contribution >= 4 is 29.5 Å². The molecule has 3 aliphatic heterocycles. The van der Waals surface area contributed by atoms with Crippen molar-refractivity contribution in [3.63, 3.8) is 0 Å². The van der Waals surface area contributed by atoms with Crippen LogP contribution in [-0.2, 0) is 43.4 Å². The molecule has 6 unspecified atom stereocenters. The second-order valence-corrected chi connectivity index (χ2v) is 14.3. The number of hydrogen-bond donors (Lipinski definition) is 4. The average molecular weight is 744 g/mol. The summed E-state index contributed by atoms with van der Waals surface area (Å²) in [6, 6.07) is 11.7. The van der Waals surface area contributed by atoms with Crippen molar-refractivity contribution in [1.29, 1.82) is 0 Å². The molecule has 4 heterocycles. The van der Waals surface area contributed by atoms with E-state index in [-0.39, 0.29) is 50.1 Å². The molecular formula is C39H53N9O6. The predicted octanol–water partition coefficient (Wildman–Crippen LogP) is 1.38. The molecule has 15 nitrogen and oxygen atoms in total. The van der Waals surface area contributed by atoms with Crippen molar-refractivity contribution in [1.82, 2.24) is 46.1 Å². The van der Waals surface area contributed by atoms with Gasteiger partial charge in [0.05, 0.1) is 18.3 Å². The number of ether oxygens (including phenoxy) is 1. The minimum absolute atomic E-state index is 0.110. The number of nitrogens with one attached hydrogen (secondary N) is 4. The third-order valence-corrected chi connectivity index (χ3v) is 10.2. The van der Waals surface area contributed by atoms with E-state index in [1.54, 1.807) is 41.9 Å². The number of likely N-dealkylation sites (N-methyl/N-ethyl adjacent to an activating group) is 2. The highest BCUT2D eigenvalue weighted by molar-refractivity contribution is 5.96. The number of hydrogen-bond acceptors (Lipinski definition) is 9. The highest BCUT2D eigenvalue weighted by Gasteiger charge is 2.45. The molecule has 5 amide bonds. The molecule has 290 valence electrons. The van der Waals surface area contributed by atoms with Gasteiger partial charge in [0.1, 0.15) is 42.2 Å². The fourth-order valence-corrected chi connectivity index (χ4v) is 6.83. The molecule has 0 saturated carbocycles. The first-order valence-electron chi connectivity index (χ1n) is 18.8. The summed E-state index contributed by atoms with van der Waals surface area (Å²) in [4.78, 5) is 73.1. The van der Waals surface area contributed by atoms with Crippen molar-refractivity contribution < 1.29 is 28.7 Å². The van der Waals surface area contributed by atoms with Crippen LogP contribution in [-0.4, -0.2) is 111 Å². The maximum absolute atomic E-state index is 14.5. The van der Waals surface area contributed by atoms with Crippen LogP contribution < -0.4 is 26.0 Å². The molecule has 1 saturated heterocycles. The van der Waals surface area contributed by atoms with Crippen molar-refractivity contribution in [2.24, 2.45) is 5.92 Å². The standard InChI is InChI=1S/C39H53N9O6/c1-7-46(8-2)38(52)32-19-27-14-16-30(17-15-27)54-23-28-21-48(45-44-28)29-20-33(37(51)41-31(36(50)42-32)18-26-12-10-9-11-13-26)47(22-29)39(53)34(24(3)4)43-35(49)25(5)40-6/h9-17,21,24-25,29,31-34,40H,7-8,18-20,22-23H2,1-6H3,(H,41,51)(H,42,50)(H,43,49). The molecule has 3 aliphatic rings. The van der Waals surface area contributed by atoms with E-state index < -0.39 is 54.0 Å². The van der Waals surface area contributed by atoms with Gasteiger partial charge in [0, 0.05) is 38.9 Å². The molecule has 15 heteroatoms. The number of amides is 5. The molecule has 6 rings (SSSR count). The van der Waals surface area contributed by atoms with Gasteiger partial charge < -0.3 is 35.8 Å². The normalized spacial score (nSPS) is 21.5. The molecule has 3 aromatic rings. The second kappa shape index (κ2) is 18.1. The number of carbonyl (C=O) groups excluding carboxylic acids is 5. The third kappa shape index (κ3) is 9.61. The Kier molecular flexibility index (Phi) is 13.4. The quantitative estimate of drug-likeness (QED) is 0.239. The van der Waals surface area contributed by atoms with Crippen molar-refractivity contribution in [3.05, 3.63) is 77.6 Å². The first-order valence-corrected chi connectivity index (χ1v) is 18.8. The van der Waals surface area contributed by atoms with E-state index in [1.165, 1.54) is 4.90 Å². The zero-order valence-corrected chi connectivity index (χ0v) is 32.0. The lowest BCUT2D eigenvalue weighted by Crippen LogP contribution is -2.59. The molecule has 0 spiro atoms. The lowest BCUT2D eigenvalue weighted by molar-refractivity contribution is -0.143. The fraction of sp³-hybridized carbons (Fsp3) is 0.513. The molecule has 6 atom stereocenters. The van der Waals surface area contributed by atoms with Crippen LogP contribution in [0.5, 0.6) is 5.75 Å². The predicted molar refractivity (Wildman–Crippen MR) is 201 cm³/mol. The smallest absolute Gasteiger partial charge is 0.246 e. The van der Waals surface area contributed by atoms with Gasteiger partial charge in [-0.3, -0.25) is 24.0 Å². The highest BCUT2D eigenvalue weighted by Crippen LogP contribution is 2.29. The van der Waals surface area contributed by atoms with Gasteiger partial charge in [-0.25, -0.2) is 4.68 Å². The Balaban J connectivity index is 1.54. The topological polar surface area (TPSA) is 180 Å². The summed E-state index contributed by atoms with van der Waals surface area (Å²) >= 11 is 0. The van der Waals surface area contributed by atoms with Crippen molar-refractivity contribution in [3.8, 4) is 5.75 Å². The van der Waals surface area contributed by atoms with E-state index in [0.29, 0.717) is 24.5 Å². The van der Waals surface area contributed by atoms with E-state index in [1.807, 2.05) is 70.2 Å². The van der Waals surface area contributed by atoms with Gasteiger partial charge in [0.2, 0.25) is 29.5 Å². The Labute approximate surface area is 316 Å². The van der Waals surface area contributed by atoms with Crippen LogP contribution in [0.4, 0.5) is 0 Å². The zero-order valence-electron chi connectivity index (χ0n) is 32.0. The molecule has 2 aromatic carbocycles. The Morgan fingerprint density at radius 3 is 2.33 bits per heavy atom. The third-order valence-electron chi connectivity index (χ3n) is 10.2. The minimum atomic E-state index is -1.09. The zero-order chi connectivity index (χ0) is 38.9. The summed E-state index contributed by atoms with van der Waals surface area (Å²) < 4.78 is 7.63. The number of rotatable bonds is 10. The van der Waals surface area contributed by atoms with Crippen molar-refractivity contribution in [2.45, 2.75) is 96.7 Å². The minimum Gasteiger partial charge on any atom is -0.487 e. The second-order valence-electron chi connectivity index (χ2n) is 14.3. The van der Waals surface area contributed by atoms with Crippen LogP contribution in [0.25, 0.3) is 0 Å². The molecule has 1 aromatic heterocycles. The van der Waals surface area contributed by atoms with E-state index in [9.17, 15) is 24.0 Å². The van der Waals surface area contributed by atoms with E-state index in [4.69, 9.17) is 4.74 Å². The first kappa shape index (κ1) is 39.9. The van der Waals surface area contributed by atoms with Gasteiger partial charge >= 0.3 is 0 Å². The van der Waals surface area contributed by atoms with Crippen LogP contribution >= 0.6 is 0 Å². The fourth-order valence-electron chi connectivity index (χ4n) is 6.83. The average Bonchev–Trinajstić information content (AvgIpc) is 3.84. The number of carbonyl (C=O) groups is 5. The van der Waals surface area contributed by atoms with Gasteiger partial charge in [-0.15, -0.1) is 5.10 Å². The molecular weight excluding hydrogens is 690 g/mol. The number of likely N-dealkylation sites (tertiary alicyclic amines) is 1. The summed E-state index contributed by atoms with van der Waals surface area (Å²) in [6.45, 7) is 10.3. The molecule has 0 radical (unpaired) electrons. The number of nitrogens with zero attached hydrogens (tertiary/aromatic N) is 5. The number of benzene rings is 2. The van der Waals surface area contributed by atoms with E-state index in [2.05, 4.69) is 31.6 Å². The monoisotopic (exact) mass is 743 g/mol. The molecule has 4 N–H and O–H groups in total. The van der Waals surface area contributed by atoms with Gasteiger partial charge in [0.25, 0.3) is 0 Å². The maximum Gasteiger partial charge on any atom is 0.246 e. The van der Waals surface area contributed by atoms with E-state index >= 15 is 0 Å². The first-order chi connectivity index (χ1) is 25.9.